The van der Waals surface area contributed by atoms with Gasteiger partial charge in [-0.15, -0.1) is 0 Å². The number of ether oxygens (including phenoxy) is 1. The fourth-order valence-electron chi connectivity index (χ4n) is 1.24. The molecule has 0 atom stereocenters. The molecule has 0 aromatic heterocycles. The van der Waals surface area contributed by atoms with Crippen LogP contribution in [0.5, 0.6) is 0 Å². The van der Waals surface area contributed by atoms with Gasteiger partial charge in [-0.25, -0.2) is 9.18 Å². The van der Waals surface area contributed by atoms with Crippen LogP contribution >= 0.6 is 0 Å². The lowest BCUT2D eigenvalue weighted by Crippen LogP contribution is -2.05. The van der Waals surface area contributed by atoms with Gasteiger partial charge in [0, 0.05) is 4.91 Å². The molecule has 0 saturated carbocycles. The monoisotopic (exact) mass is 249 g/mol. The summed E-state index contributed by atoms with van der Waals surface area (Å²) >= 11 is 0. The van der Waals surface area contributed by atoms with Crippen molar-refractivity contribution in [2.24, 2.45) is 5.11 Å². The minimum absolute atomic E-state index is 0.166. The highest BCUT2D eigenvalue weighted by molar-refractivity contribution is 5.93. The summed E-state index contributed by atoms with van der Waals surface area (Å²) in [4.78, 5) is 14.0. The van der Waals surface area contributed by atoms with E-state index >= 15 is 0 Å². The molecule has 94 valence electrons. The Morgan fingerprint density at radius 3 is 2.89 bits per heavy atom. The standard InChI is InChI=1S/C12H12FN3O2/c1-3-18-12(17)11(15-16-14)7-9-5-4-8(2)10(13)6-9/h4-7H,3H2,1-2H3/b11-7-. The zero-order valence-electron chi connectivity index (χ0n) is 10.1. The van der Waals surface area contributed by atoms with Crippen LogP contribution in [0.25, 0.3) is 16.5 Å². The molecule has 0 aliphatic carbocycles. The maximum atomic E-state index is 13.3. The molecule has 1 aromatic carbocycles. The van der Waals surface area contributed by atoms with Crippen molar-refractivity contribution in [2.75, 3.05) is 6.61 Å². The van der Waals surface area contributed by atoms with E-state index in [4.69, 9.17) is 10.3 Å². The van der Waals surface area contributed by atoms with Crippen molar-refractivity contribution in [2.45, 2.75) is 13.8 Å². The van der Waals surface area contributed by atoms with Crippen molar-refractivity contribution in [1.29, 1.82) is 0 Å². The van der Waals surface area contributed by atoms with Crippen LogP contribution in [0.4, 0.5) is 4.39 Å². The van der Waals surface area contributed by atoms with Crippen LogP contribution in [0.1, 0.15) is 18.1 Å². The highest BCUT2D eigenvalue weighted by atomic mass is 19.1. The highest BCUT2D eigenvalue weighted by Gasteiger charge is 2.09. The molecular formula is C12H12FN3O2. The van der Waals surface area contributed by atoms with Gasteiger partial charge in [0.2, 0.25) is 0 Å². The van der Waals surface area contributed by atoms with Crippen molar-refractivity contribution in [3.63, 3.8) is 0 Å². The molecule has 18 heavy (non-hydrogen) atoms. The number of nitrogens with zero attached hydrogens (tertiary/aromatic N) is 3. The van der Waals surface area contributed by atoms with E-state index in [1.54, 1.807) is 26.0 Å². The summed E-state index contributed by atoms with van der Waals surface area (Å²) in [5.74, 6) is -1.14. The Morgan fingerprint density at radius 2 is 2.33 bits per heavy atom. The van der Waals surface area contributed by atoms with E-state index in [-0.39, 0.29) is 12.3 Å². The molecule has 0 aliphatic rings. The summed E-state index contributed by atoms with van der Waals surface area (Å²) in [5.41, 5.74) is 9.08. The number of azide groups is 1. The van der Waals surface area contributed by atoms with Gasteiger partial charge in [0.1, 0.15) is 11.5 Å². The molecular weight excluding hydrogens is 237 g/mol. The molecule has 0 unspecified atom stereocenters. The predicted molar refractivity (Wildman–Crippen MR) is 64.9 cm³/mol. The van der Waals surface area contributed by atoms with Crippen LogP contribution in [0.3, 0.4) is 0 Å². The lowest BCUT2D eigenvalue weighted by molar-refractivity contribution is -0.138. The fraction of sp³-hybridized carbons (Fsp3) is 0.250. The minimum Gasteiger partial charge on any atom is -0.462 e. The van der Waals surface area contributed by atoms with Crippen LogP contribution in [0.15, 0.2) is 29.0 Å². The lowest BCUT2D eigenvalue weighted by atomic mass is 10.1. The van der Waals surface area contributed by atoms with Crippen LogP contribution < -0.4 is 0 Å². The van der Waals surface area contributed by atoms with Gasteiger partial charge in [0.05, 0.1) is 6.61 Å². The lowest BCUT2D eigenvalue weighted by Gasteiger charge is -2.02. The second-order valence-corrected chi connectivity index (χ2v) is 3.45. The summed E-state index contributed by atoms with van der Waals surface area (Å²) in [6, 6.07) is 4.44. The Bertz CT molecular complexity index is 534. The summed E-state index contributed by atoms with van der Waals surface area (Å²) in [6.07, 6.45) is 1.28. The van der Waals surface area contributed by atoms with E-state index in [9.17, 15) is 9.18 Å². The Morgan fingerprint density at radius 1 is 1.61 bits per heavy atom. The van der Waals surface area contributed by atoms with Gasteiger partial charge in [0.15, 0.2) is 0 Å². The fourth-order valence-corrected chi connectivity index (χ4v) is 1.24. The number of hydrogen-bond acceptors (Lipinski definition) is 3. The summed E-state index contributed by atoms with van der Waals surface area (Å²) in [5, 5.41) is 3.23. The van der Waals surface area contributed by atoms with Crippen molar-refractivity contribution in [3.8, 4) is 0 Å². The Kier molecular flexibility index (Phi) is 4.90. The van der Waals surface area contributed by atoms with Crippen LogP contribution in [0, 0.1) is 12.7 Å². The molecule has 5 nitrogen and oxygen atoms in total. The number of benzene rings is 1. The van der Waals surface area contributed by atoms with E-state index < -0.39 is 11.8 Å². The first-order chi connectivity index (χ1) is 8.58. The third-order valence-corrected chi connectivity index (χ3v) is 2.14. The zero-order valence-corrected chi connectivity index (χ0v) is 10.1. The summed E-state index contributed by atoms with van der Waals surface area (Å²) < 4.78 is 18.0. The average Bonchev–Trinajstić information content (AvgIpc) is 2.33. The Balaban J connectivity index is 3.11. The third kappa shape index (κ3) is 3.61. The molecule has 0 N–H and O–H groups in total. The number of hydrogen-bond donors (Lipinski definition) is 0. The molecule has 1 rings (SSSR count). The van der Waals surface area contributed by atoms with Gasteiger partial charge in [0.25, 0.3) is 0 Å². The molecule has 0 saturated heterocycles. The molecule has 6 heteroatoms. The van der Waals surface area contributed by atoms with Crippen LogP contribution in [-0.2, 0) is 9.53 Å². The van der Waals surface area contributed by atoms with Gasteiger partial charge in [-0.3, -0.25) is 0 Å². The zero-order chi connectivity index (χ0) is 13.5. The second-order valence-electron chi connectivity index (χ2n) is 3.45. The smallest absolute Gasteiger partial charge is 0.340 e. The van der Waals surface area contributed by atoms with E-state index in [1.807, 2.05) is 0 Å². The maximum Gasteiger partial charge on any atom is 0.340 e. The number of halogens is 1. The number of esters is 1. The number of carbonyl (C=O) groups excluding carboxylic acids is 1. The Hall–Kier alpha value is -2.33. The van der Waals surface area contributed by atoms with E-state index in [0.717, 1.165) is 0 Å². The second kappa shape index (κ2) is 6.42. The van der Waals surface area contributed by atoms with Crippen molar-refractivity contribution >= 4 is 12.0 Å². The van der Waals surface area contributed by atoms with Crippen LogP contribution in [0.2, 0.25) is 0 Å². The summed E-state index contributed by atoms with van der Waals surface area (Å²) in [7, 11) is 0. The Labute approximate surface area is 104 Å². The third-order valence-electron chi connectivity index (χ3n) is 2.14. The highest BCUT2D eigenvalue weighted by Crippen LogP contribution is 2.14. The van der Waals surface area contributed by atoms with E-state index in [0.29, 0.717) is 11.1 Å². The average molecular weight is 249 g/mol. The van der Waals surface area contributed by atoms with Gasteiger partial charge >= 0.3 is 5.97 Å². The first-order valence-electron chi connectivity index (χ1n) is 5.28. The van der Waals surface area contributed by atoms with Gasteiger partial charge < -0.3 is 4.74 Å². The van der Waals surface area contributed by atoms with Gasteiger partial charge in [-0.2, -0.15) is 0 Å². The van der Waals surface area contributed by atoms with Gasteiger partial charge in [-0.05, 0) is 42.6 Å². The largest absolute Gasteiger partial charge is 0.462 e. The molecule has 0 amide bonds. The normalized spacial score (nSPS) is 10.7. The van der Waals surface area contributed by atoms with Crippen molar-refractivity contribution in [3.05, 3.63) is 51.3 Å². The molecule has 1 aromatic rings. The molecule has 0 fully saturated rings. The predicted octanol–water partition coefficient (Wildman–Crippen LogP) is 3.35. The SMILES string of the molecule is CCOC(=O)/C(=C/c1ccc(C)c(F)c1)N=[N+]=[N-]. The quantitative estimate of drug-likeness (QED) is 0.270. The topological polar surface area (TPSA) is 75.1 Å². The van der Waals surface area contributed by atoms with Crippen molar-refractivity contribution < 1.29 is 13.9 Å². The molecule has 0 bridgehead atoms. The van der Waals surface area contributed by atoms with Gasteiger partial charge in [-0.1, -0.05) is 17.2 Å². The van der Waals surface area contributed by atoms with Crippen molar-refractivity contribution in [1.82, 2.24) is 0 Å². The molecule has 0 spiro atoms. The minimum atomic E-state index is -0.740. The van der Waals surface area contributed by atoms with E-state index in [1.165, 1.54) is 12.1 Å². The molecule has 0 aliphatic heterocycles. The first kappa shape index (κ1) is 13.7. The van der Waals surface area contributed by atoms with E-state index in [2.05, 4.69) is 10.0 Å². The number of aryl methyl sites for hydroxylation is 1. The van der Waals surface area contributed by atoms with Crippen LogP contribution in [-0.4, -0.2) is 12.6 Å². The summed E-state index contributed by atoms with van der Waals surface area (Å²) in [6.45, 7) is 3.43. The maximum absolute atomic E-state index is 13.3. The first-order valence-corrected chi connectivity index (χ1v) is 5.28. The number of carbonyl (C=O) groups is 1. The molecule has 0 heterocycles. The number of rotatable bonds is 4. The molecule has 0 radical (unpaired) electrons.